The fourth-order valence-corrected chi connectivity index (χ4v) is 884. The average molecular weight is 2860 g/mol. The molecule has 0 amide bonds. The van der Waals surface area contributed by atoms with Crippen LogP contribution >= 0.6 is 0 Å². The molecule has 0 aromatic carbocycles. The van der Waals surface area contributed by atoms with Gasteiger partial charge in [0.2, 0.25) is 220 Å². The van der Waals surface area contributed by atoms with Crippen LogP contribution in [0.1, 0.15) is 0 Å². The maximum atomic E-state index is 15.1. The maximum Gasteiger partial charge on any atom is 0.420 e. The van der Waals surface area contributed by atoms with Gasteiger partial charge in [0, 0.05) is 0 Å². The van der Waals surface area contributed by atoms with E-state index in [9.17, 15) is 187 Å². The molecule has 0 spiro atoms. The highest BCUT2D eigenvalue weighted by Crippen LogP contribution is 2.61. The molecule has 0 aromatic rings. The molecule has 0 bridgehead atoms. The molecule has 61 nitrogen and oxygen atoms in total. The van der Waals surface area contributed by atoms with Crippen molar-refractivity contribution < 1.29 is 278 Å². The molecule has 3 unspecified atom stereocenters. The monoisotopic (exact) mass is 2860 g/mol. The number of hydrogen-bond donors (Lipinski definition) is 40. The maximum absolute atomic E-state index is 15.1. The minimum Gasteiger partial charge on any atom is -0.439 e. The highest BCUT2D eigenvalue weighted by molar-refractivity contribution is 8.35. The van der Waals surface area contributed by atoms with E-state index in [1.54, 1.807) is 0 Å². The molecule has 123 heteroatoms. The van der Waals surface area contributed by atoms with Gasteiger partial charge in [-0.25, -0.2) is 0 Å². The van der Waals surface area contributed by atoms with E-state index in [1.807, 2.05) is 0 Å². The summed E-state index contributed by atoms with van der Waals surface area (Å²) in [7, 11) is -179. The molecule has 40 N–H and O–H groups in total. The zero-order valence-electron chi connectivity index (χ0n) is 64.5. The Morgan fingerprint density at radius 1 is 0.177 bits per heavy atom. The van der Waals surface area contributed by atoms with Crippen LogP contribution in [-0.4, -0.2) is 731 Å². The van der Waals surface area contributed by atoms with Crippen LogP contribution in [0.25, 0.3) is 0 Å². The van der Waals surface area contributed by atoms with Crippen LogP contribution in [0.15, 0.2) is 0 Å². The van der Waals surface area contributed by atoms with Crippen LogP contribution in [0.4, 0.5) is 0 Å². The fraction of sp³-hybridized carbons (Fsp3) is 1.00. The molecular weight excluding hydrogens is 2800 g/mol. The summed E-state index contributed by atoms with van der Waals surface area (Å²) >= 11 is 0. The molecule has 79 radical (unpaired) electrons. The molecule has 703 valence electrons. The van der Waals surface area contributed by atoms with Crippen LogP contribution in [0, 0.1) is 0 Å². The molecule has 0 heterocycles. The summed E-state index contributed by atoms with van der Waals surface area (Å²) in [6.45, 7) is -99.5. The van der Waals surface area contributed by atoms with E-state index in [1.165, 1.54) is 19.6 Å². The van der Waals surface area contributed by atoms with E-state index in [-0.39, 0.29) is 0 Å². The van der Waals surface area contributed by atoms with Gasteiger partial charge >= 0.3 is 192 Å². The van der Waals surface area contributed by atoms with Gasteiger partial charge in [0.1, 0.15) is 0 Å². The second kappa shape index (κ2) is 63.7. The molecule has 0 aromatic heterocycles. The molecule has 0 aliphatic rings. The van der Waals surface area contributed by atoms with Crippen LogP contribution in [0.5, 0.6) is 0 Å². The fourth-order valence-electron chi connectivity index (χ4n) is 11.8. The summed E-state index contributed by atoms with van der Waals surface area (Å²) in [5.74, 6) is 0. The van der Waals surface area contributed by atoms with Gasteiger partial charge in [-0.05, 0) is 32.7 Å². The van der Waals surface area contributed by atoms with E-state index in [0.717, 1.165) is 13.1 Å². The van der Waals surface area contributed by atoms with Crippen molar-refractivity contribution in [1.29, 1.82) is 0 Å². The lowest BCUT2D eigenvalue weighted by Gasteiger charge is -2.76. The molecule has 0 aliphatic heterocycles. The van der Waals surface area contributed by atoms with Crippen molar-refractivity contribution in [3.63, 3.8) is 0 Å². The largest absolute Gasteiger partial charge is 0.439 e. The lowest BCUT2D eigenvalue weighted by atomic mass is 11.8. The summed E-state index contributed by atoms with van der Waals surface area (Å²) < 4.78 is 148. The quantitative estimate of drug-likeness (QED) is 0.0251. The molecule has 0 saturated carbocycles. The molecule has 0 rings (SSSR count). The van der Waals surface area contributed by atoms with Crippen LogP contribution in [-0.2, 0) is 86.4 Å². The zero-order chi connectivity index (χ0) is 101. The minimum absolute atomic E-state index is 0.716. The number of hydrogen-bond acceptors (Lipinski definition) is 61. The van der Waals surface area contributed by atoms with Gasteiger partial charge in [-0.1, -0.05) is 13.1 Å². The average Bonchev–Trinajstić information content (AvgIpc) is 0.612. The topological polar surface area (TPSA) is 1000 Å². The number of rotatable bonds is 82. The van der Waals surface area contributed by atoms with Gasteiger partial charge < -0.3 is 278 Å². The first kappa shape index (κ1) is 141. The highest BCUT2D eigenvalue weighted by atomic mass is 30.6. The Morgan fingerprint density at radius 3 is 0.569 bits per heavy atom. The van der Waals surface area contributed by atoms with Gasteiger partial charge in [0.25, 0.3) is 111 Å². The van der Waals surface area contributed by atoms with Gasteiger partial charge in [-0.3, -0.25) is 0 Å². The molecular formula is C7H61O61Si62. The highest BCUT2D eigenvalue weighted by Gasteiger charge is 3.09. The Labute approximate surface area is 852 Å². The SMILES string of the molecule is C[Si](C)[Si](O)([Si]O)[Si](O[Si]O)(O[Si]([Si](O[Si](C)(C)O[Si](C)(C)C)(O[Si](O[Si](O[Si]O)([Si]O)[Si]O)([Si](O[Si]O)([Si]O)[Si]O)[Si](O[Si]O)([Si]O)[Si]O)[Si](O[Si](O[Si]O)([Si]O)[Si]O)([Si](O[Si]O)([Si]O)[Si]O)[Si](O[Si]O)([Si]O)[Si]O)([Si](O[Si](O[Si]O)([Si]O)[Si]O)([Si](O[Si]O)([Si]O)[Si]O)[Si](O[Si]O)([Si]O)[Si]O)[Si](O[Si](O[Si]O)([Si]O)[Si]O)([Si](O[Si]O)([Si]O)[Si]O)[Si](O[Si]O)([Si]O)[Si]O)[Si]O. The van der Waals surface area contributed by atoms with Crippen LogP contribution < -0.4 is 0 Å². The Kier molecular flexibility index (Phi) is 69.1. The first-order valence-corrected chi connectivity index (χ1v) is 153. The Morgan fingerprint density at radius 2 is 0.385 bits per heavy atom. The minimum atomic E-state index is -10.3. The van der Waals surface area contributed by atoms with Crippen molar-refractivity contribution in [1.82, 2.24) is 0 Å². The summed E-state index contributed by atoms with van der Waals surface area (Å²) in [4.78, 5) is 528. The van der Waals surface area contributed by atoms with Crippen LogP contribution in [0.3, 0.4) is 0 Å². The summed E-state index contributed by atoms with van der Waals surface area (Å²) in [5, 5.41) is 0. The second-order valence-electron chi connectivity index (χ2n) is 23.9. The standard InChI is InChI=1S/C7H61O61Si62/c1-108(2)111(47,82-21)116(91-30,52-73-12)67-128(129(123(100-39,101-40)57-78-17,124(102-41,103-42)58-79-18)65-114(87-26,88-27)50-71-10,130(125(104-43,105-44)59-80-19,126(106-45,107-46)60-81-20)66-115(89-28,90-29)51-72-11)118(62-110(6,7)61-109(3,4)5,127(121(96-35,97-36)55-76-15,122(98-37,99-38)56-77-16)64-113(85-24,86-25)49-70-9)68-117(119(92-31,93-32)53-74-13,120(94-33,95-34)54-75-14)63-112(83-22,84-23)48-69-8/h8-47H,1-7H3. The third kappa shape index (κ3) is 27.2. The normalized spacial score (nSPS) is 16.1. The summed E-state index contributed by atoms with van der Waals surface area (Å²) in [6.07, 6.45) is 0. The van der Waals surface area contributed by atoms with E-state index in [0.29, 0.717) is 13.1 Å². The Hall–Kier alpha value is 11.0. The van der Waals surface area contributed by atoms with Crippen molar-refractivity contribution in [3.8, 4) is 0 Å². The van der Waals surface area contributed by atoms with Crippen molar-refractivity contribution in [2.75, 3.05) is 0 Å². The van der Waals surface area contributed by atoms with Gasteiger partial charge in [-0.15, -0.1) is 0 Å². The van der Waals surface area contributed by atoms with Crippen molar-refractivity contribution in [2.45, 2.75) is 45.8 Å². The van der Waals surface area contributed by atoms with Crippen molar-refractivity contribution >= 4 is 539 Å². The first-order valence-electron chi connectivity index (χ1n) is 31.0. The first-order chi connectivity index (χ1) is 61.2. The van der Waals surface area contributed by atoms with E-state index in [4.69, 9.17) is 86.4 Å². The molecule has 0 fully saturated rings. The third-order valence-electron chi connectivity index (χ3n) is 16.3. The summed E-state index contributed by atoms with van der Waals surface area (Å²) in [5.41, 5.74) is 0. The van der Waals surface area contributed by atoms with E-state index < -0.39 is 539 Å². The lowest BCUT2D eigenvalue weighted by Crippen LogP contribution is -3.21. The van der Waals surface area contributed by atoms with Crippen molar-refractivity contribution in [2.24, 2.45) is 0 Å². The zero-order valence-corrected chi connectivity index (χ0v) is 126. The lowest BCUT2D eigenvalue weighted by molar-refractivity contribution is 0.291. The Balaban J connectivity index is 19.0. The Bertz CT molecular complexity index is 2870. The molecule has 3 atom stereocenters. The molecule has 0 saturated heterocycles. The predicted molar refractivity (Wildman–Crippen MR) is 509 cm³/mol. The predicted octanol–water partition coefficient (Wildman–Crippen LogP) is -43.2. The van der Waals surface area contributed by atoms with E-state index in [2.05, 4.69) is 0 Å². The van der Waals surface area contributed by atoms with Gasteiger partial charge in [0.05, 0.1) is 8.31 Å². The van der Waals surface area contributed by atoms with Crippen molar-refractivity contribution in [3.05, 3.63) is 0 Å². The van der Waals surface area contributed by atoms with Gasteiger partial charge in [0.15, 0.2) is 8.32 Å². The molecule has 0 aliphatic carbocycles. The summed E-state index contributed by atoms with van der Waals surface area (Å²) in [6, 6.07) is 0. The third-order valence-corrected chi connectivity index (χ3v) is 499. The van der Waals surface area contributed by atoms with E-state index >= 15 is 4.80 Å². The van der Waals surface area contributed by atoms with Gasteiger partial charge in [-0.2, -0.15) is 0 Å². The van der Waals surface area contributed by atoms with Crippen LogP contribution in [0.2, 0.25) is 45.8 Å². The molecule has 130 heavy (non-hydrogen) atoms. The second-order valence-corrected chi connectivity index (χ2v) is 284. The smallest absolute Gasteiger partial charge is 0.420 e.